The van der Waals surface area contributed by atoms with E-state index in [-0.39, 0.29) is 0 Å². The summed E-state index contributed by atoms with van der Waals surface area (Å²) in [6.07, 6.45) is 2.60. The highest BCUT2D eigenvalue weighted by atomic mass is 16.1. The first-order valence-electron chi connectivity index (χ1n) is 3.08. The first kappa shape index (κ1) is 9.01. The van der Waals surface area contributed by atoms with Crippen molar-refractivity contribution in [3.05, 3.63) is 11.9 Å². The molecular weight excluding hydrogens is 128 g/mol. The van der Waals surface area contributed by atoms with Crippen molar-refractivity contribution in [2.75, 3.05) is 28.2 Å². The Labute approximate surface area is 61.9 Å². The van der Waals surface area contributed by atoms with Crippen molar-refractivity contribution in [1.82, 2.24) is 9.80 Å². The molecule has 0 aromatic carbocycles. The number of hydrogen-bond acceptors (Lipinski definition) is 3. The summed E-state index contributed by atoms with van der Waals surface area (Å²) >= 11 is 0. The molecule has 0 aromatic rings. The molecule has 0 aliphatic carbocycles. The van der Waals surface area contributed by atoms with Crippen LogP contribution in [0, 0.1) is 0 Å². The lowest BCUT2D eigenvalue weighted by molar-refractivity contribution is -0.106. The summed E-state index contributed by atoms with van der Waals surface area (Å²) in [4.78, 5) is 14.0. The summed E-state index contributed by atoms with van der Waals surface area (Å²) < 4.78 is 0. The van der Waals surface area contributed by atoms with E-state index in [0.29, 0.717) is 5.70 Å². The molecule has 10 heavy (non-hydrogen) atoms. The van der Waals surface area contributed by atoms with Gasteiger partial charge in [0.15, 0.2) is 6.29 Å². The smallest absolute Gasteiger partial charge is 0.167 e. The van der Waals surface area contributed by atoms with Crippen molar-refractivity contribution < 1.29 is 4.79 Å². The maximum Gasteiger partial charge on any atom is 0.167 e. The van der Waals surface area contributed by atoms with Crippen molar-refractivity contribution in [1.29, 1.82) is 0 Å². The van der Waals surface area contributed by atoms with Gasteiger partial charge in [0.25, 0.3) is 0 Å². The molecule has 0 saturated heterocycles. The van der Waals surface area contributed by atoms with Gasteiger partial charge in [-0.2, -0.15) is 0 Å². The molecule has 3 heteroatoms. The minimum Gasteiger partial charge on any atom is -0.382 e. The van der Waals surface area contributed by atoms with Crippen LogP contribution in [0.5, 0.6) is 0 Å². The normalized spacial score (nSPS) is 11.0. The lowest BCUT2D eigenvalue weighted by Gasteiger charge is -2.14. The first-order valence-corrected chi connectivity index (χ1v) is 3.08. The molecule has 0 aliphatic heterocycles. The second-order valence-electron chi connectivity index (χ2n) is 2.53. The van der Waals surface area contributed by atoms with E-state index in [4.69, 9.17) is 0 Å². The van der Waals surface area contributed by atoms with Gasteiger partial charge < -0.3 is 9.80 Å². The third-order valence-corrected chi connectivity index (χ3v) is 1.03. The number of aldehydes is 1. The Hall–Kier alpha value is -0.990. The van der Waals surface area contributed by atoms with E-state index < -0.39 is 0 Å². The predicted molar refractivity (Wildman–Crippen MR) is 41.5 cm³/mol. The summed E-state index contributed by atoms with van der Waals surface area (Å²) in [7, 11) is 7.44. The minimum atomic E-state index is 0.671. The highest BCUT2D eigenvalue weighted by Crippen LogP contribution is 1.93. The molecule has 0 fully saturated rings. The predicted octanol–water partition coefficient (Wildman–Crippen LogP) is 0.150. The highest BCUT2D eigenvalue weighted by molar-refractivity contribution is 5.71. The maximum atomic E-state index is 10.3. The van der Waals surface area contributed by atoms with Crippen LogP contribution in [0.15, 0.2) is 11.9 Å². The largest absolute Gasteiger partial charge is 0.382 e. The molecule has 0 radical (unpaired) electrons. The minimum absolute atomic E-state index is 0.671. The Morgan fingerprint density at radius 1 is 1.20 bits per heavy atom. The molecule has 3 nitrogen and oxygen atoms in total. The number of carbonyl (C=O) groups is 1. The molecule has 0 N–H and O–H groups in total. The fourth-order valence-corrected chi connectivity index (χ4v) is 0.516. The lowest BCUT2D eigenvalue weighted by atomic mass is 10.4. The average molecular weight is 142 g/mol. The SMILES string of the molecule is CN(C)/C=C(/C=O)N(C)C. The molecule has 0 spiro atoms. The zero-order chi connectivity index (χ0) is 8.15. The van der Waals surface area contributed by atoms with Crippen LogP contribution in [0.3, 0.4) is 0 Å². The lowest BCUT2D eigenvalue weighted by Crippen LogP contribution is -2.15. The second-order valence-corrected chi connectivity index (χ2v) is 2.53. The van der Waals surface area contributed by atoms with Gasteiger partial charge in [0, 0.05) is 34.4 Å². The van der Waals surface area contributed by atoms with Crippen LogP contribution >= 0.6 is 0 Å². The van der Waals surface area contributed by atoms with E-state index in [9.17, 15) is 4.79 Å². The number of carbonyl (C=O) groups excluding carboxylic acids is 1. The monoisotopic (exact) mass is 142 g/mol. The molecular formula is C7H14N2O. The van der Waals surface area contributed by atoms with Gasteiger partial charge in [0.2, 0.25) is 0 Å². The number of hydrogen-bond donors (Lipinski definition) is 0. The van der Waals surface area contributed by atoms with Gasteiger partial charge in [0.1, 0.15) is 0 Å². The van der Waals surface area contributed by atoms with Crippen LogP contribution in [0.4, 0.5) is 0 Å². The van der Waals surface area contributed by atoms with E-state index in [1.165, 1.54) is 0 Å². The molecule has 0 bridgehead atoms. The third kappa shape index (κ3) is 3.12. The fourth-order valence-electron chi connectivity index (χ4n) is 0.516. The van der Waals surface area contributed by atoms with E-state index in [1.54, 1.807) is 11.1 Å². The van der Waals surface area contributed by atoms with Crippen LogP contribution < -0.4 is 0 Å². The summed E-state index contributed by atoms with van der Waals surface area (Å²) in [5.74, 6) is 0. The van der Waals surface area contributed by atoms with Crippen molar-refractivity contribution >= 4 is 6.29 Å². The van der Waals surface area contributed by atoms with Crippen LogP contribution in [-0.2, 0) is 4.79 Å². The van der Waals surface area contributed by atoms with Crippen LogP contribution in [0.1, 0.15) is 0 Å². The summed E-state index contributed by atoms with van der Waals surface area (Å²) in [6.45, 7) is 0. The van der Waals surface area contributed by atoms with E-state index in [2.05, 4.69) is 0 Å². The van der Waals surface area contributed by atoms with E-state index in [0.717, 1.165) is 6.29 Å². The molecule has 0 unspecified atom stereocenters. The summed E-state index contributed by atoms with van der Waals surface area (Å²) in [5, 5.41) is 0. The van der Waals surface area contributed by atoms with Gasteiger partial charge in [-0.05, 0) is 0 Å². The third-order valence-electron chi connectivity index (χ3n) is 1.03. The molecule has 0 heterocycles. The summed E-state index contributed by atoms with van der Waals surface area (Å²) in [5.41, 5.74) is 0.671. The van der Waals surface area contributed by atoms with E-state index >= 15 is 0 Å². The molecule has 0 saturated carbocycles. The average Bonchev–Trinajstić information content (AvgIpc) is 1.81. The second kappa shape index (κ2) is 3.93. The Kier molecular flexibility index (Phi) is 3.54. The van der Waals surface area contributed by atoms with Gasteiger partial charge in [-0.25, -0.2) is 0 Å². The van der Waals surface area contributed by atoms with Gasteiger partial charge in [0.05, 0.1) is 5.70 Å². The van der Waals surface area contributed by atoms with E-state index in [1.807, 2.05) is 33.1 Å². The molecule has 0 atom stereocenters. The Morgan fingerprint density at radius 3 is 1.80 bits per heavy atom. The van der Waals surface area contributed by atoms with Gasteiger partial charge >= 0.3 is 0 Å². The number of allylic oxidation sites excluding steroid dienone is 1. The highest BCUT2D eigenvalue weighted by Gasteiger charge is 1.95. The zero-order valence-corrected chi connectivity index (χ0v) is 6.96. The van der Waals surface area contributed by atoms with Gasteiger partial charge in [-0.3, -0.25) is 4.79 Å². The van der Waals surface area contributed by atoms with Gasteiger partial charge in [-0.15, -0.1) is 0 Å². The molecule has 0 amide bonds. The number of likely N-dealkylation sites (N-methyl/N-ethyl adjacent to an activating group) is 1. The van der Waals surface area contributed by atoms with Crippen LogP contribution in [0.2, 0.25) is 0 Å². The molecule has 0 aliphatic rings. The topological polar surface area (TPSA) is 23.6 Å². The van der Waals surface area contributed by atoms with Crippen molar-refractivity contribution in [3.63, 3.8) is 0 Å². The van der Waals surface area contributed by atoms with Gasteiger partial charge in [-0.1, -0.05) is 0 Å². The molecule has 0 aromatic heterocycles. The Balaban J connectivity index is 4.18. The fraction of sp³-hybridized carbons (Fsp3) is 0.571. The Bertz CT molecular complexity index is 139. The maximum absolute atomic E-state index is 10.3. The van der Waals surface area contributed by atoms with Crippen molar-refractivity contribution in [2.24, 2.45) is 0 Å². The van der Waals surface area contributed by atoms with Crippen molar-refractivity contribution in [2.45, 2.75) is 0 Å². The zero-order valence-electron chi connectivity index (χ0n) is 6.96. The standard InChI is InChI=1S/C7H14N2O/c1-8(2)5-7(6-10)9(3)4/h5-6H,1-4H3/b7-5-. The number of nitrogens with zero attached hydrogens (tertiary/aromatic N) is 2. The molecule has 0 rings (SSSR count). The molecule has 58 valence electrons. The first-order chi connectivity index (χ1) is 4.57. The Morgan fingerprint density at radius 2 is 1.70 bits per heavy atom. The van der Waals surface area contributed by atoms with Crippen LogP contribution in [0.25, 0.3) is 0 Å². The number of rotatable bonds is 3. The summed E-state index contributed by atoms with van der Waals surface area (Å²) in [6, 6.07) is 0. The van der Waals surface area contributed by atoms with Crippen molar-refractivity contribution in [3.8, 4) is 0 Å². The quantitative estimate of drug-likeness (QED) is 0.414. The van der Waals surface area contributed by atoms with Crippen LogP contribution in [-0.4, -0.2) is 44.3 Å².